The zero-order valence-corrected chi connectivity index (χ0v) is 17.2. The van der Waals surface area contributed by atoms with Crippen LogP contribution < -0.4 is 5.32 Å². The van der Waals surface area contributed by atoms with Crippen molar-refractivity contribution in [2.75, 3.05) is 32.1 Å². The highest BCUT2D eigenvalue weighted by Gasteiger charge is 2.45. The molecule has 2 rings (SSSR count). The van der Waals surface area contributed by atoms with Crippen molar-refractivity contribution in [3.8, 4) is 0 Å². The summed E-state index contributed by atoms with van der Waals surface area (Å²) in [7, 11) is 1.05. The summed E-state index contributed by atoms with van der Waals surface area (Å²) in [4.78, 5) is 6.78. The van der Waals surface area contributed by atoms with Crippen molar-refractivity contribution in [1.29, 1.82) is 0 Å². The van der Waals surface area contributed by atoms with Crippen molar-refractivity contribution >= 4 is 31.7 Å². The van der Waals surface area contributed by atoms with Crippen LogP contribution in [-0.2, 0) is 23.4 Å². The summed E-state index contributed by atoms with van der Waals surface area (Å²) in [6.45, 7) is 4.10. The first kappa shape index (κ1) is 19.3. The first-order valence-corrected chi connectivity index (χ1v) is 11.0. The van der Waals surface area contributed by atoms with Gasteiger partial charge in [0.2, 0.25) is 0 Å². The van der Waals surface area contributed by atoms with Crippen LogP contribution in [0.15, 0.2) is 21.7 Å². The fourth-order valence-corrected chi connectivity index (χ4v) is 4.90. The monoisotopic (exact) mass is 418 g/mol. The molecule has 0 bridgehead atoms. The third kappa shape index (κ3) is 5.51. The molecule has 0 saturated heterocycles. The summed E-state index contributed by atoms with van der Waals surface area (Å²) in [6, 6.07) is 2.09. The Labute approximate surface area is 153 Å². The molecule has 0 unspecified atom stereocenters. The zero-order chi connectivity index (χ0) is 18.0. The summed E-state index contributed by atoms with van der Waals surface area (Å²) in [5.74, 6) is 1.05. The molecule has 0 amide bonds. The molecule has 1 heterocycles. The van der Waals surface area contributed by atoms with Crippen molar-refractivity contribution in [1.82, 2.24) is 14.8 Å². The molecule has 1 fully saturated rings. The van der Waals surface area contributed by atoms with Gasteiger partial charge in [0.1, 0.15) is 9.84 Å². The van der Waals surface area contributed by atoms with Gasteiger partial charge in [0.05, 0.1) is 12.3 Å². The van der Waals surface area contributed by atoms with Crippen molar-refractivity contribution in [3.63, 3.8) is 0 Å². The molecule has 1 aliphatic carbocycles. The van der Waals surface area contributed by atoms with Crippen LogP contribution in [0.2, 0.25) is 0 Å². The second-order valence-corrected chi connectivity index (χ2v) is 9.91. The van der Waals surface area contributed by atoms with Gasteiger partial charge >= 0.3 is 0 Å². The number of hydrogen-bond donors (Lipinski definition) is 1. The minimum atomic E-state index is -2.96. The summed E-state index contributed by atoms with van der Waals surface area (Å²) >= 11 is 3.49. The molecule has 0 spiro atoms. The van der Waals surface area contributed by atoms with E-state index in [1.54, 1.807) is 0 Å². The Morgan fingerprint density at radius 3 is 2.62 bits per heavy atom. The lowest BCUT2D eigenvalue weighted by atomic mass is 10.1. The van der Waals surface area contributed by atoms with Crippen LogP contribution in [0.1, 0.15) is 25.5 Å². The Kier molecular flexibility index (Phi) is 6.01. The van der Waals surface area contributed by atoms with E-state index in [-0.39, 0.29) is 11.2 Å². The predicted molar refractivity (Wildman–Crippen MR) is 102 cm³/mol. The van der Waals surface area contributed by atoms with Crippen molar-refractivity contribution in [2.24, 2.45) is 17.5 Å². The molecular weight excluding hydrogens is 392 g/mol. The van der Waals surface area contributed by atoms with Gasteiger partial charge in [0.15, 0.2) is 5.96 Å². The van der Waals surface area contributed by atoms with Crippen molar-refractivity contribution < 1.29 is 8.42 Å². The van der Waals surface area contributed by atoms with Gasteiger partial charge in [0.25, 0.3) is 0 Å². The molecule has 0 aliphatic heterocycles. The number of nitrogens with one attached hydrogen (secondary N) is 1. The number of nitrogens with zero attached hydrogens (tertiary/aromatic N) is 3. The topological polar surface area (TPSA) is 66.7 Å². The Bertz CT molecular complexity index is 708. The summed E-state index contributed by atoms with van der Waals surface area (Å²) in [6.07, 6.45) is 5.22. The Morgan fingerprint density at radius 2 is 2.17 bits per heavy atom. The van der Waals surface area contributed by atoms with E-state index in [1.807, 2.05) is 27.2 Å². The molecule has 1 N–H and O–H groups in total. The minimum Gasteiger partial charge on any atom is -0.357 e. The van der Waals surface area contributed by atoms with E-state index in [1.165, 1.54) is 11.9 Å². The normalized spacial score (nSPS) is 17.0. The maximum absolute atomic E-state index is 11.6. The lowest BCUT2D eigenvalue weighted by Crippen LogP contribution is -2.39. The van der Waals surface area contributed by atoms with Crippen LogP contribution in [0.4, 0.5) is 0 Å². The number of sulfone groups is 1. The second kappa shape index (κ2) is 7.47. The second-order valence-electron chi connectivity index (χ2n) is 6.86. The molecule has 24 heavy (non-hydrogen) atoms. The molecule has 1 aromatic rings. The van der Waals surface area contributed by atoms with Gasteiger partial charge in [-0.2, -0.15) is 0 Å². The first-order chi connectivity index (χ1) is 11.1. The van der Waals surface area contributed by atoms with Gasteiger partial charge in [-0.15, -0.1) is 0 Å². The average molecular weight is 419 g/mol. The smallest absolute Gasteiger partial charge is 0.194 e. The Hall–Kier alpha value is -1.02. The van der Waals surface area contributed by atoms with Crippen LogP contribution in [0.5, 0.6) is 0 Å². The Balaban J connectivity index is 2.06. The van der Waals surface area contributed by atoms with Crippen LogP contribution in [0, 0.1) is 5.41 Å². The molecule has 0 radical (unpaired) electrons. The third-order valence-corrected chi connectivity index (χ3v) is 5.83. The van der Waals surface area contributed by atoms with Gasteiger partial charge in [-0.25, -0.2) is 8.42 Å². The van der Waals surface area contributed by atoms with Crippen LogP contribution >= 0.6 is 15.9 Å². The van der Waals surface area contributed by atoms with E-state index in [0.29, 0.717) is 6.54 Å². The van der Waals surface area contributed by atoms with Crippen LogP contribution in [0.3, 0.4) is 0 Å². The maximum Gasteiger partial charge on any atom is 0.194 e. The molecule has 1 aliphatic rings. The standard InChI is InChI=1S/C16H27BrN4O2S/c1-5-18-15(19-11-16(6-7-16)12-24(4,22)23)21(3)10-14-8-13(17)9-20(14)2/h8-9H,5-7,10-12H2,1-4H3,(H,18,19). The number of guanidine groups is 1. The molecule has 1 saturated carbocycles. The summed E-state index contributed by atoms with van der Waals surface area (Å²) < 4.78 is 26.3. The summed E-state index contributed by atoms with van der Waals surface area (Å²) in [5.41, 5.74) is 1.02. The number of rotatable bonds is 7. The molecular formula is C16H27BrN4O2S. The van der Waals surface area contributed by atoms with Crippen molar-refractivity contribution in [2.45, 2.75) is 26.3 Å². The van der Waals surface area contributed by atoms with Gasteiger partial charge in [-0.05, 0) is 41.8 Å². The van der Waals surface area contributed by atoms with Gasteiger partial charge in [-0.1, -0.05) is 0 Å². The number of halogens is 1. The molecule has 0 aromatic carbocycles. The van der Waals surface area contributed by atoms with Gasteiger partial charge < -0.3 is 14.8 Å². The van der Waals surface area contributed by atoms with Crippen molar-refractivity contribution in [3.05, 3.63) is 22.4 Å². The Morgan fingerprint density at radius 1 is 1.50 bits per heavy atom. The first-order valence-electron chi connectivity index (χ1n) is 8.12. The number of hydrogen-bond acceptors (Lipinski definition) is 3. The highest BCUT2D eigenvalue weighted by Crippen LogP contribution is 2.46. The largest absolute Gasteiger partial charge is 0.357 e. The molecule has 136 valence electrons. The quantitative estimate of drug-likeness (QED) is 0.543. The molecule has 0 atom stereocenters. The lowest BCUT2D eigenvalue weighted by Gasteiger charge is -2.23. The minimum absolute atomic E-state index is 0.150. The maximum atomic E-state index is 11.6. The van der Waals surface area contributed by atoms with E-state index in [2.05, 4.69) is 36.8 Å². The summed E-state index contributed by atoms with van der Waals surface area (Å²) in [5, 5.41) is 3.30. The zero-order valence-electron chi connectivity index (χ0n) is 14.8. The predicted octanol–water partition coefficient (Wildman–Crippen LogP) is 2.01. The van der Waals surface area contributed by atoms with Gasteiger partial charge in [0, 0.05) is 55.2 Å². The fraction of sp³-hybridized carbons (Fsp3) is 0.688. The van der Waals surface area contributed by atoms with E-state index < -0.39 is 9.84 Å². The van der Waals surface area contributed by atoms with Crippen LogP contribution in [0.25, 0.3) is 0 Å². The molecule has 6 nitrogen and oxygen atoms in total. The van der Waals surface area contributed by atoms with E-state index in [9.17, 15) is 8.42 Å². The number of aromatic nitrogens is 1. The van der Waals surface area contributed by atoms with Crippen LogP contribution in [-0.4, -0.2) is 56.0 Å². The van der Waals surface area contributed by atoms with E-state index >= 15 is 0 Å². The lowest BCUT2D eigenvalue weighted by molar-refractivity contribution is 0.456. The average Bonchev–Trinajstić information content (AvgIpc) is 3.12. The highest BCUT2D eigenvalue weighted by molar-refractivity contribution is 9.10. The fourth-order valence-electron chi connectivity index (χ4n) is 2.83. The number of aryl methyl sites for hydroxylation is 1. The molecule has 1 aromatic heterocycles. The van der Waals surface area contributed by atoms with Gasteiger partial charge in [-0.3, -0.25) is 4.99 Å². The highest BCUT2D eigenvalue weighted by atomic mass is 79.9. The third-order valence-electron chi connectivity index (χ3n) is 4.26. The molecule has 8 heteroatoms. The van der Waals surface area contributed by atoms with E-state index in [0.717, 1.165) is 36.4 Å². The SMILES string of the molecule is CCNC(=NCC1(CS(C)(=O)=O)CC1)N(C)Cc1cc(Br)cn1C. The van der Waals surface area contributed by atoms with E-state index in [4.69, 9.17) is 4.99 Å². The number of aliphatic imine (C=N–C) groups is 1.